The molecule has 0 unspecified atom stereocenters. The third kappa shape index (κ3) is 6.26. The number of hydrogen-bond donors (Lipinski definition) is 2. The lowest BCUT2D eigenvalue weighted by Gasteiger charge is -2.18. The standard InChI is InChI=1S/C13H21BrN2/c1-13(2,15)8-10-16-9-7-11-3-5-12(14)6-4-11/h3-6,16H,7-10,15H2,1-2H3. The normalized spacial score (nSPS) is 11.8. The van der Waals surface area contributed by atoms with Crippen LogP contribution in [-0.2, 0) is 6.42 Å². The minimum Gasteiger partial charge on any atom is -0.326 e. The molecule has 0 aromatic heterocycles. The molecule has 0 fully saturated rings. The maximum Gasteiger partial charge on any atom is 0.0175 e. The Kier molecular flexibility index (Phi) is 5.46. The van der Waals surface area contributed by atoms with Crippen LogP contribution in [-0.4, -0.2) is 18.6 Å². The van der Waals surface area contributed by atoms with Crippen LogP contribution in [0.4, 0.5) is 0 Å². The molecule has 0 spiro atoms. The first kappa shape index (κ1) is 13.7. The summed E-state index contributed by atoms with van der Waals surface area (Å²) in [6.45, 7) is 6.12. The van der Waals surface area contributed by atoms with Crippen molar-refractivity contribution in [3.63, 3.8) is 0 Å². The van der Waals surface area contributed by atoms with Gasteiger partial charge in [-0.25, -0.2) is 0 Å². The van der Waals surface area contributed by atoms with Crippen LogP contribution in [0.5, 0.6) is 0 Å². The molecule has 0 radical (unpaired) electrons. The van der Waals surface area contributed by atoms with Crippen molar-refractivity contribution < 1.29 is 0 Å². The summed E-state index contributed by atoms with van der Waals surface area (Å²) >= 11 is 3.43. The van der Waals surface area contributed by atoms with Crippen molar-refractivity contribution in [2.24, 2.45) is 5.73 Å². The molecule has 1 aromatic carbocycles. The summed E-state index contributed by atoms with van der Waals surface area (Å²) < 4.78 is 1.13. The zero-order chi connectivity index (χ0) is 12.0. The van der Waals surface area contributed by atoms with Gasteiger partial charge >= 0.3 is 0 Å². The van der Waals surface area contributed by atoms with Crippen molar-refractivity contribution in [3.8, 4) is 0 Å². The van der Waals surface area contributed by atoms with Crippen molar-refractivity contribution in [1.29, 1.82) is 0 Å². The predicted molar refractivity (Wildman–Crippen MR) is 73.6 cm³/mol. The van der Waals surface area contributed by atoms with Crippen molar-refractivity contribution in [2.45, 2.75) is 32.2 Å². The minimum atomic E-state index is -0.0649. The van der Waals surface area contributed by atoms with E-state index in [1.807, 2.05) is 0 Å². The van der Waals surface area contributed by atoms with Gasteiger partial charge in [-0.1, -0.05) is 28.1 Å². The molecule has 16 heavy (non-hydrogen) atoms. The molecule has 0 heterocycles. The monoisotopic (exact) mass is 284 g/mol. The average Bonchev–Trinajstić information content (AvgIpc) is 2.19. The summed E-state index contributed by atoms with van der Waals surface area (Å²) in [4.78, 5) is 0. The zero-order valence-corrected chi connectivity index (χ0v) is 11.7. The number of hydrogen-bond acceptors (Lipinski definition) is 2. The number of benzene rings is 1. The summed E-state index contributed by atoms with van der Waals surface area (Å²) in [6, 6.07) is 8.47. The van der Waals surface area contributed by atoms with Gasteiger partial charge in [0.25, 0.3) is 0 Å². The Morgan fingerprint density at radius 3 is 2.38 bits per heavy atom. The topological polar surface area (TPSA) is 38.0 Å². The van der Waals surface area contributed by atoms with Gasteiger partial charge in [0, 0.05) is 10.0 Å². The first-order valence-corrected chi connectivity index (χ1v) is 6.51. The molecule has 3 heteroatoms. The smallest absolute Gasteiger partial charge is 0.0175 e. The molecule has 2 nitrogen and oxygen atoms in total. The quantitative estimate of drug-likeness (QED) is 0.789. The van der Waals surface area contributed by atoms with Crippen LogP contribution in [0.25, 0.3) is 0 Å². The van der Waals surface area contributed by atoms with Crippen LogP contribution in [0.15, 0.2) is 28.7 Å². The predicted octanol–water partition coefficient (Wildman–Crippen LogP) is 2.71. The molecular formula is C13H21BrN2. The maximum atomic E-state index is 5.90. The summed E-state index contributed by atoms with van der Waals surface area (Å²) in [5, 5.41) is 3.41. The molecule has 0 bridgehead atoms. The SMILES string of the molecule is CC(C)(N)CCNCCc1ccc(Br)cc1. The number of nitrogens with one attached hydrogen (secondary N) is 1. The highest BCUT2D eigenvalue weighted by Gasteiger charge is 2.08. The number of nitrogens with two attached hydrogens (primary N) is 1. The van der Waals surface area contributed by atoms with E-state index in [0.29, 0.717) is 0 Å². The fraction of sp³-hybridized carbons (Fsp3) is 0.538. The van der Waals surface area contributed by atoms with E-state index in [1.165, 1.54) is 5.56 Å². The molecule has 0 aliphatic rings. The van der Waals surface area contributed by atoms with Crippen LogP contribution < -0.4 is 11.1 Å². The molecule has 0 saturated heterocycles. The molecule has 90 valence electrons. The molecule has 0 atom stereocenters. The summed E-state index contributed by atoms with van der Waals surface area (Å²) in [5.41, 5.74) is 7.20. The maximum absolute atomic E-state index is 5.90. The van der Waals surface area contributed by atoms with Gasteiger partial charge in [0.2, 0.25) is 0 Å². The van der Waals surface area contributed by atoms with Crippen LogP contribution >= 0.6 is 15.9 Å². The molecule has 1 rings (SSSR count). The largest absolute Gasteiger partial charge is 0.326 e. The van der Waals surface area contributed by atoms with Gasteiger partial charge in [-0.15, -0.1) is 0 Å². The molecule has 3 N–H and O–H groups in total. The fourth-order valence-corrected chi connectivity index (χ4v) is 1.68. The van der Waals surface area contributed by atoms with E-state index >= 15 is 0 Å². The molecular weight excluding hydrogens is 264 g/mol. The summed E-state index contributed by atoms with van der Waals surface area (Å²) in [7, 11) is 0. The highest BCUT2D eigenvalue weighted by Crippen LogP contribution is 2.10. The minimum absolute atomic E-state index is 0.0649. The van der Waals surface area contributed by atoms with Gasteiger partial charge < -0.3 is 11.1 Å². The first-order chi connectivity index (χ1) is 7.47. The second kappa shape index (κ2) is 6.38. The average molecular weight is 285 g/mol. The van der Waals surface area contributed by atoms with E-state index in [2.05, 4.69) is 59.4 Å². The van der Waals surface area contributed by atoms with E-state index in [-0.39, 0.29) is 5.54 Å². The van der Waals surface area contributed by atoms with Crippen molar-refractivity contribution >= 4 is 15.9 Å². The van der Waals surface area contributed by atoms with Crippen LogP contribution in [0.1, 0.15) is 25.8 Å². The summed E-state index contributed by atoms with van der Waals surface area (Å²) in [6.07, 6.45) is 2.08. The lowest BCUT2D eigenvalue weighted by Crippen LogP contribution is -2.36. The van der Waals surface area contributed by atoms with Gasteiger partial charge in [-0.05, 0) is 57.5 Å². The molecule has 0 amide bonds. The van der Waals surface area contributed by atoms with Gasteiger partial charge in [-0.2, -0.15) is 0 Å². The lowest BCUT2D eigenvalue weighted by molar-refractivity contribution is 0.456. The number of rotatable bonds is 6. The lowest BCUT2D eigenvalue weighted by atomic mass is 10.0. The van der Waals surface area contributed by atoms with E-state index in [0.717, 1.165) is 30.4 Å². The Balaban J connectivity index is 2.14. The molecule has 0 aliphatic carbocycles. The first-order valence-electron chi connectivity index (χ1n) is 5.71. The second-order valence-corrected chi connectivity index (χ2v) is 5.78. The molecule has 0 saturated carbocycles. The van der Waals surface area contributed by atoms with Gasteiger partial charge in [-0.3, -0.25) is 0 Å². The highest BCUT2D eigenvalue weighted by atomic mass is 79.9. The Hall–Kier alpha value is -0.380. The van der Waals surface area contributed by atoms with Crippen molar-refractivity contribution in [1.82, 2.24) is 5.32 Å². The van der Waals surface area contributed by atoms with Crippen LogP contribution in [0, 0.1) is 0 Å². The fourth-order valence-electron chi connectivity index (χ4n) is 1.42. The second-order valence-electron chi connectivity index (χ2n) is 4.87. The zero-order valence-electron chi connectivity index (χ0n) is 10.1. The Morgan fingerprint density at radius 2 is 1.81 bits per heavy atom. The van der Waals surface area contributed by atoms with Crippen molar-refractivity contribution in [2.75, 3.05) is 13.1 Å². The Labute approximate surface area is 107 Å². The van der Waals surface area contributed by atoms with Crippen LogP contribution in [0.3, 0.4) is 0 Å². The number of halogens is 1. The van der Waals surface area contributed by atoms with E-state index < -0.39 is 0 Å². The Bertz CT molecular complexity index is 301. The highest BCUT2D eigenvalue weighted by molar-refractivity contribution is 9.10. The van der Waals surface area contributed by atoms with Crippen molar-refractivity contribution in [3.05, 3.63) is 34.3 Å². The third-order valence-corrected chi connectivity index (χ3v) is 2.98. The summed E-state index contributed by atoms with van der Waals surface area (Å²) in [5.74, 6) is 0. The third-order valence-electron chi connectivity index (χ3n) is 2.45. The van der Waals surface area contributed by atoms with E-state index in [1.54, 1.807) is 0 Å². The van der Waals surface area contributed by atoms with Crippen LogP contribution in [0.2, 0.25) is 0 Å². The molecule has 1 aromatic rings. The van der Waals surface area contributed by atoms with E-state index in [4.69, 9.17) is 5.73 Å². The van der Waals surface area contributed by atoms with Gasteiger partial charge in [0.05, 0.1) is 0 Å². The van der Waals surface area contributed by atoms with E-state index in [9.17, 15) is 0 Å². The van der Waals surface area contributed by atoms with Gasteiger partial charge in [0.15, 0.2) is 0 Å². The van der Waals surface area contributed by atoms with Gasteiger partial charge in [0.1, 0.15) is 0 Å². The molecule has 0 aliphatic heterocycles. The Morgan fingerprint density at radius 1 is 1.19 bits per heavy atom.